The summed E-state index contributed by atoms with van der Waals surface area (Å²) < 4.78 is 0.107. The van der Waals surface area contributed by atoms with Gasteiger partial charge in [0.2, 0.25) is 5.91 Å². The standard InChI is InChI=1S/C13H19NO2S/c1-13(2,3)17-9-12(16)14-8-10-4-6-11(15)7-5-10/h4-7,15H,8-9H2,1-3H3,(H,14,16). The van der Waals surface area contributed by atoms with E-state index in [2.05, 4.69) is 26.1 Å². The van der Waals surface area contributed by atoms with Crippen molar-refractivity contribution in [1.82, 2.24) is 5.32 Å². The van der Waals surface area contributed by atoms with Crippen LogP contribution in [0.4, 0.5) is 0 Å². The number of aromatic hydroxyl groups is 1. The Kier molecular flexibility index (Phi) is 4.87. The lowest BCUT2D eigenvalue weighted by molar-refractivity contribution is -0.118. The highest BCUT2D eigenvalue weighted by Gasteiger charge is 2.12. The molecule has 0 spiro atoms. The van der Waals surface area contributed by atoms with E-state index in [9.17, 15) is 4.79 Å². The molecule has 1 aromatic rings. The predicted octanol–water partition coefficient (Wildman–Crippen LogP) is 2.54. The Morgan fingerprint density at radius 2 is 1.88 bits per heavy atom. The number of phenols is 1. The third-order valence-electron chi connectivity index (χ3n) is 2.06. The van der Waals surface area contributed by atoms with Crippen LogP contribution in [0.1, 0.15) is 26.3 Å². The minimum absolute atomic E-state index is 0.0398. The summed E-state index contributed by atoms with van der Waals surface area (Å²) in [6.07, 6.45) is 0. The van der Waals surface area contributed by atoms with Gasteiger partial charge in [-0.1, -0.05) is 32.9 Å². The Labute approximate surface area is 107 Å². The predicted molar refractivity (Wildman–Crippen MR) is 72.2 cm³/mol. The minimum atomic E-state index is 0.0398. The Bertz CT molecular complexity index is 368. The van der Waals surface area contributed by atoms with Gasteiger partial charge in [0, 0.05) is 11.3 Å². The first-order valence-corrected chi connectivity index (χ1v) is 6.54. The molecule has 0 saturated carbocycles. The molecular formula is C13H19NO2S. The van der Waals surface area contributed by atoms with Gasteiger partial charge >= 0.3 is 0 Å². The van der Waals surface area contributed by atoms with Gasteiger partial charge in [-0.05, 0) is 17.7 Å². The normalized spacial score (nSPS) is 11.2. The number of carbonyl (C=O) groups is 1. The van der Waals surface area contributed by atoms with E-state index in [1.807, 2.05) is 0 Å². The van der Waals surface area contributed by atoms with Gasteiger partial charge in [0.1, 0.15) is 5.75 Å². The Morgan fingerprint density at radius 3 is 2.41 bits per heavy atom. The summed E-state index contributed by atoms with van der Waals surface area (Å²) in [5.74, 6) is 0.753. The van der Waals surface area contributed by atoms with Crippen molar-refractivity contribution in [1.29, 1.82) is 0 Å². The second-order valence-electron chi connectivity index (χ2n) is 4.84. The molecule has 94 valence electrons. The third-order valence-corrected chi connectivity index (χ3v) is 3.33. The lowest BCUT2D eigenvalue weighted by atomic mass is 10.2. The first kappa shape index (κ1) is 13.9. The molecule has 4 heteroatoms. The van der Waals surface area contributed by atoms with Crippen LogP contribution in [0.5, 0.6) is 5.75 Å². The summed E-state index contributed by atoms with van der Waals surface area (Å²) in [5.41, 5.74) is 0.983. The molecule has 0 aliphatic carbocycles. The van der Waals surface area contributed by atoms with Crippen LogP contribution >= 0.6 is 11.8 Å². The van der Waals surface area contributed by atoms with E-state index in [1.54, 1.807) is 36.0 Å². The minimum Gasteiger partial charge on any atom is -0.508 e. The van der Waals surface area contributed by atoms with Crippen LogP contribution < -0.4 is 5.32 Å². The van der Waals surface area contributed by atoms with Crippen molar-refractivity contribution in [2.24, 2.45) is 0 Å². The van der Waals surface area contributed by atoms with Crippen molar-refractivity contribution in [3.8, 4) is 5.75 Å². The fourth-order valence-corrected chi connectivity index (χ4v) is 1.81. The summed E-state index contributed by atoms with van der Waals surface area (Å²) in [6, 6.07) is 6.83. The highest BCUT2D eigenvalue weighted by atomic mass is 32.2. The average Bonchev–Trinajstić information content (AvgIpc) is 2.25. The highest BCUT2D eigenvalue weighted by molar-refractivity contribution is 8.01. The molecule has 0 bridgehead atoms. The summed E-state index contributed by atoms with van der Waals surface area (Å²) in [7, 11) is 0. The summed E-state index contributed by atoms with van der Waals surface area (Å²) >= 11 is 1.63. The van der Waals surface area contributed by atoms with Crippen LogP contribution in [0.25, 0.3) is 0 Å². The van der Waals surface area contributed by atoms with Crippen molar-refractivity contribution >= 4 is 17.7 Å². The second kappa shape index (κ2) is 5.96. The monoisotopic (exact) mass is 253 g/mol. The molecular weight excluding hydrogens is 234 g/mol. The van der Waals surface area contributed by atoms with Gasteiger partial charge in [-0.25, -0.2) is 0 Å². The fraction of sp³-hybridized carbons (Fsp3) is 0.462. The maximum absolute atomic E-state index is 11.5. The molecule has 0 aliphatic heterocycles. The lowest BCUT2D eigenvalue weighted by Gasteiger charge is -2.16. The number of rotatable bonds is 4. The van der Waals surface area contributed by atoms with Gasteiger partial charge in [-0.3, -0.25) is 4.79 Å². The van der Waals surface area contributed by atoms with E-state index in [0.717, 1.165) is 5.56 Å². The first-order chi connectivity index (χ1) is 7.87. The van der Waals surface area contributed by atoms with Crippen molar-refractivity contribution in [3.63, 3.8) is 0 Å². The van der Waals surface area contributed by atoms with Gasteiger partial charge < -0.3 is 10.4 Å². The molecule has 1 amide bonds. The number of hydrogen-bond acceptors (Lipinski definition) is 3. The largest absolute Gasteiger partial charge is 0.508 e. The van der Waals surface area contributed by atoms with Crippen molar-refractivity contribution in [2.45, 2.75) is 32.1 Å². The molecule has 17 heavy (non-hydrogen) atoms. The van der Waals surface area contributed by atoms with E-state index in [0.29, 0.717) is 12.3 Å². The van der Waals surface area contributed by atoms with Gasteiger partial charge in [-0.15, -0.1) is 11.8 Å². The number of thioether (sulfide) groups is 1. The molecule has 3 nitrogen and oxygen atoms in total. The van der Waals surface area contributed by atoms with E-state index < -0.39 is 0 Å². The lowest BCUT2D eigenvalue weighted by Crippen LogP contribution is -2.26. The van der Waals surface area contributed by atoms with Crippen LogP contribution in [0.15, 0.2) is 24.3 Å². The maximum Gasteiger partial charge on any atom is 0.230 e. The summed E-state index contributed by atoms with van der Waals surface area (Å²) in [6.45, 7) is 6.77. The van der Waals surface area contributed by atoms with Crippen LogP contribution in [-0.2, 0) is 11.3 Å². The van der Waals surface area contributed by atoms with Gasteiger partial charge in [0.15, 0.2) is 0 Å². The topological polar surface area (TPSA) is 49.3 Å². The molecule has 0 radical (unpaired) electrons. The quantitative estimate of drug-likeness (QED) is 0.867. The molecule has 0 aromatic heterocycles. The maximum atomic E-state index is 11.5. The zero-order valence-corrected chi connectivity index (χ0v) is 11.3. The molecule has 1 rings (SSSR count). The van der Waals surface area contributed by atoms with Gasteiger partial charge in [-0.2, -0.15) is 0 Å². The first-order valence-electron chi connectivity index (χ1n) is 5.55. The molecule has 0 fully saturated rings. The zero-order chi connectivity index (χ0) is 12.9. The van der Waals surface area contributed by atoms with Crippen LogP contribution in [0.2, 0.25) is 0 Å². The molecule has 0 aliphatic rings. The highest BCUT2D eigenvalue weighted by Crippen LogP contribution is 2.22. The zero-order valence-electron chi connectivity index (χ0n) is 10.5. The Balaban J connectivity index is 2.31. The van der Waals surface area contributed by atoms with Crippen molar-refractivity contribution < 1.29 is 9.90 Å². The van der Waals surface area contributed by atoms with Crippen molar-refractivity contribution in [3.05, 3.63) is 29.8 Å². The SMILES string of the molecule is CC(C)(C)SCC(=O)NCc1ccc(O)cc1. The van der Waals surface area contributed by atoms with Gasteiger partial charge in [0.25, 0.3) is 0 Å². The number of benzene rings is 1. The smallest absolute Gasteiger partial charge is 0.230 e. The van der Waals surface area contributed by atoms with E-state index in [4.69, 9.17) is 5.11 Å². The molecule has 0 atom stereocenters. The number of amides is 1. The van der Waals surface area contributed by atoms with E-state index >= 15 is 0 Å². The second-order valence-corrected chi connectivity index (χ2v) is 6.65. The number of carbonyl (C=O) groups excluding carboxylic acids is 1. The van der Waals surface area contributed by atoms with E-state index in [1.165, 1.54) is 0 Å². The molecule has 0 heterocycles. The average molecular weight is 253 g/mol. The molecule has 0 unspecified atom stereocenters. The Hall–Kier alpha value is -1.16. The van der Waals surface area contributed by atoms with E-state index in [-0.39, 0.29) is 16.4 Å². The van der Waals surface area contributed by atoms with Gasteiger partial charge in [0.05, 0.1) is 5.75 Å². The van der Waals surface area contributed by atoms with Crippen LogP contribution in [0, 0.1) is 0 Å². The number of nitrogens with one attached hydrogen (secondary N) is 1. The molecule has 2 N–H and O–H groups in total. The number of phenolic OH excluding ortho intramolecular Hbond substituents is 1. The summed E-state index contributed by atoms with van der Waals surface area (Å²) in [4.78, 5) is 11.5. The Morgan fingerprint density at radius 1 is 1.29 bits per heavy atom. The molecule has 1 aromatic carbocycles. The number of hydrogen-bond donors (Lipinski definition) is 2. The summed E-state index contributed by atoms with van der Waals surface area (Å²) in [5, 5.41) is 12.0. The van der Waals surface area contributed by atoms with Crippen LogP contribution in [0.3, 0.4) is 0 Å². The molecule has 0 saturated heterocycles. The third kappa shape index (κ3) is 6.22. The van der Waals surface area contributed by atoms with Crippen LogP contribution in [-0.4, -0.2) is 21.5 Å². The fourth-order valence-electron chi connectivity index (χ4n) is 1.15. The van der Waals surface area contributed by atoms with Crippen molar-refractivity contribution in [2.75, 3.05) is 5.75 Å².